The minimum atomic E-state index is -0.536. The highest BCUT2D eigenvalue weighted by atomic mass is 16.7. The van der Waals surface area contributed by atoms with Crippen LogP contribution < -0.4 is 0 Å². The highest BCUT2D eigenvalue weighted by Gasteiger charge is 2.34. The highest BCUT2D eigenvalue weighted by Crippen LogP contribution is 2.27. The van der Waals surface area contributed by atoms with Crippen LogP contribution in [0.5, 0.6) is 0 Å². The number of ether oxygens (including phenoxy) is 1. The summed E-state index contributed by atoms with van der Waals surface area (Å²) in [7, 11) is 1.32. The van der Waals surface area contributed by atoms with E-state index in [1.165, 1.54) is 18.2 Å². The molecule has 1 aromatic carbocycles. The molecule has 0 unspecified atom stereocenters. The fourth-order valence-electron chi connectivity index (χ4n) is 2.82. The van der Waals surface area contributed by atoms with Gasteiger partial charge >= 0.3 is 5.97 Å². The van der Waals surface area contributed by atoms with Crippen molar-refractivity contribution >= 4 is 29.6 Å². The SMILES string of the molecule is COC(=O)c1ccc(-c2ccc(C=C3C(=N)N4OC(C)=CC4=NC3=O)o2)cc1. The number of fused-ring (bicyclic) bond motifs is 1. The normalized spacial score (nSPS) is 17.2. The van der Waals surface area contributed by atoms with Gasteiger partial charge < -0.3 is 14.0 Å². The topological polar surface area (TPSA) is 105 Å². The summed E-state index contributed by atoms with van der Waals surface area (Å²) in [5.41, 5.74) is 1.25. The molecule has 2 aliphatic heterocycles. The predicted molar refractivity (Wildman–Crippen MR) is 100 cm³/mol. The minimum Gasteiger partial charge on any atom is -0.465 e. The first-order valence-electron chi connectivity index (χ1n) is 8.35. The number of nitrogens with one attached hydrogen (secondary N) is 1. The molecule has 4 rings (SSSR count). The van der Waals surface area contributed by atoms with Crippen LogP contribution in [0.25, 0.3) is 17.4 Å². The lowest BCUT2D eigenvalue weighted by Crippen LogP contribution is -2.38. The first-order chi connectivity index (χ1) is 13.5. The van der Waals surface area contributed by atoms with E-state index in [1.54, 1.807) is 49.4 Å². The summed E-state index contributed by atoms with van der Waals surface area (Å²) in [6.07, 6.45) is 3.04. The summed E-state index contributed by atoms with van der Waals surface area (Å²) in [5.74, 6) is 0.720. The molecule has 0 saturated carbocycles. The molecule has 0 spiro atoms. The molecule has 1 amide bonds. The van der Waals surface area contributed by atoms with Crippen molar-refractivity contribution in [1.29, 1.82) is 5.41 Å². The number of hydrogen-bond donors (Lipinski definition) is 1. The van der Waals surface area contributed by atoms with Crippen LogP contribution >= 0.6 is 0 Å². The number of hydroxylamine groups is 2. The second-order valence-electron chi connectivity index (χ2n) is 6.09. The molecule has 8 nitrogen and oxygen atoms in total. The van der Waals surface area contributed by atoms with Crippen LogP contribution in [-0.2, 0) is 14.4 Å². The van der Waals surface area contributed by atoms with Gasteiger partial charge in [0.2, 0.25) is 0 Å². The maximum absolute atomic E-state index is 12.3. The van der Waals surface area contributed by atoms with Crippen LogP contribution in [0.2, 0.25) is 0 Å². The maximum Gasteiger partial charge on any atom is 0.337 e. The number of esters is 1. The average Bonchev–Trinajstić information content (AvgIpc) is 3.31. The number of benzene rings is 1. The second kappa shape index (κ2) is 6.66. The Bertz CT molecular complexity index is 1090. The number of furan rings is 1. The Hall–Kier alpha value is -3.94. The third-order valence-electron chi connectivity index (χ3n) is 4.18. The first-order valence-corrected chi connectivity index (χ1v) is 8.35. The molecule has 0 bridgehead atoms. The van der Waals surface area contributed by atoms with E-state index in [9.17, 15) is 9.59 Å². The summed E-state index contributed by atoms with van der Waals surface area (Å²) in [6.45, 7) is 1.71. The zero-order chi connectivity index (χ0) is 19.8. The molecule has 8 heteroatoms. The monoisotopic (exact) mass is 377 g/mol. The van der Waals surface area contributed by atoms with Gasteiger partial charge in [0.05, 0.1) is 18.2 Å². The van der Waals surface area contributed by atoms with Crippen molar-refractivity contribution in [2.45, 2.75) is 6.92 Å². The van der Waals surface area contributed by atoms with Crippen molar-refractivity contribution in [2.75, 3.05) is 7.11 Å². The molecule has 1 N–H and O–H groups in total. The van der Waals surface area contributed by atoms with Gasteiger partial charge in [0.25, 0.3) is 5.91 Å². The quantitative estimate of drug-likeness (QED) is 0.651. The first kappa shape index (κ1) is 17.5. The van der Waals surface area contributed by atoms with Crippen LogP contribution in [0, 0.1) is 5.41 Å². The van der Waals surface area contributed by atoms with Crippen LogP contribution in [-0.4, -0.2) is 35.7 Å². The predicted octanol–water partition coefficient (Wildman–Crippen LogP) is 3.18. The lowest BCUT2D eigenvalue weighted by Gasteiger charge is -2.22. The lowest BCUT2D eigenvalue weighted by atomic mass is 10.1. The number of nitrogens with zero attached hydrogens (tertiary/aromatic N) is 2. The molecule has 140 valence electrons. The number of amides is 1. The molecule has 28 heavy (non-hydrogen) atoms. The van der Waals surface area contributed by atoms with Crippen molar-refractivity contribution in [3.05, 3.63) is 65.1 Å². The van der Waals surface area contributed by atoms with E-state index < -0.39 is 11.9 Å². The minimum absolute atomic E-state index is 0.0637. The fraction of sp³-hybridized carbons (Fsp3) is 0.100. The van der Waals surface area contributed by atoms with Crippen molar-refractivity contribution in [2.24, 2.45) is 4.99 Å². The third kappa shape index (κ3) is 3.01. The largest absolute Gasteiger partial charge is 0.465 e. The van der Waals surface area contributed by atoms with Crippen LogP contribution in [0.3, 0.4) is 0 Å². The summed E-state index contributed by atoms with van der Waals surface area (Å²) in [4.78, 5) is 33.1. The second-order valence-corrected chi connectivity index (χ2v) is 6.09. The lowest BCUT2D eigenvalue weighted by molar-refractivity contribution is -0.114. The van der Waals surface area contributed by atoms with Gasteiger partial charge in [-0.1, -0.05) is 12.1 Å². The van der Waals surface area contributed by atoms with Gasteiger partial charge in [-0.15, -0.1) is 5.06 Å². The van der Waals surface area contributed by atoms with E-state index in [2.05, 4.69) is 9.73 Å². The maximum atomic E-state index is 12.3. The molecule has 0 fully saturated rings. The Morgan fingerprint density at radius 3 is 2.68 bits per heavy atom. The van der Waals surface area contributed by atoms with E-state index in [0.717, 1.165) is 5.56 Å². The molecule has 2 aliphatic rings. The van der Waals surface area contributed by atoms with E-state index in [4.69, 9.17) is 14.7 Å². The van der Waals surface area contributed by atoms with Gasteiger partial charge in [-0.3, -0.25) is 10.2 Å². The molecule has 0 radical (unpaired) electrons. The van der Waals surface area contributed by atoms with Gasteiger partial charge in [0.15, 0.2) is 11.7 Å². The summed E-state index contributed by atoms with van der Waals surface area (Å²) >= 11 is 0. The van der Waals surface area contributed by atoms with E-state index >= 15 is 0 Å². The Kier molecular flexibility index (Phi) is 4.15. The van der Waals surface area contributed by atoms with Crippen LogP contribution in [0.15, 0.2) is 63.2 Å². The number of amidine groups is 2. The Morgan fingerprint density at radius 1 is 1.21 bits per heavy atom. The highest BCUT2D eigenvalue weighted by molar-refractivity contribution is 6.32. The standard InChI is InChI=1S/C20H15N3O5/c1-11-9-17-22-19(24)15(18(21)23(17)28-11)10-14-7-8-16(27-14)12-3-5-13(6-4-12)20(25)26-2/h3-10,21H,1-2H3. The molecule has 0 atom stereocenters. The van der Waals surface area contributed by atoms with Crippen molar-refractivity contribution in [3.8, 4) is 11.3 Å². The Labute approximate surface area is 159 Å². The Morgan fingerprint density at radius 2 is 1.96 bits per heavy atom. The number of rotatable bonds is 3. The van der Waals surface area contributed by atoms with Gasteiger partial charge in [0, 0.05) is 11.6 Å². The molecular weight excluding hydrogens is 362 g/mol. The average molecular weight is 377 g/mol. The van der Waals surface area contributed by atoms with E-state index in [0.29, 0.717) is 22.8 Å². The van der Waals surface area contributed by atoms with Gasteiger partial charge in [-0.2, -0.15) is 4.99 Å². The zero-order valence-electron chi connectivity index (χ0n) is 15.1. The summed E-state index contributed by atoms with van der Waals surface area (Å²) in [6, 6.07) is 10.2. The smallest absolute Gasteiger partial charge is 0.337 e. The van der Waals surface area contributed by atoms with E-state index in [-0.39, 0.29) is 17.2 Å². The van der Waals surface area contributed by atoms with Gasteiger partial charge in [-0.25, -0.2) is 4.79 Å². The summed E-state index contributed by atoms with van der Waals surface area (Å²) in [5, 5.41) is 9.40. The number of carbonyl (C=O) groups excluding carboxylic acids is 2. The van der Waals surface area contributed by atoms with E-state index in [1.807, 2.05) is 0 Å². The molecular formula is C20H15N3O5. The zero-order valence-corrected chi connectivity index (χ0v) is 15.1. The molecule has 1 aromatic heterocycles. The number of allylic oxidation sites excluding steroid dienone is 1. The number of methoxy groups -OCH3 is 1. The van der Waals surface area contributed by atoms with Crippen LogP contribution in [0.4, 0.5) is 0 Å². The fourth-order valence-corrected chi connectivity index (χ4v) is 2.82. The Balaban J connectivity index is 1.59. The number of hydrogen-bond acceptors (Lipinski definition) is 6. The molecule has 3 heterocycles. The number of carbonyl (C=O) groups is 2. The molecule has 0 saturated heterocycles. The molecule has 0 aliphatic carbocycles. The van der Waals surface area contributed by atoms with Crippen molar-refractivity contribution in [3.63, 3.8) is 0 Å². The van der Waals surface area contributed by atoms with Crippen molar-refractivity contribution < 1.29 is 23.6 Å². The van der Waals surface area contributed by atoms with Crippen LogP contribution in [0.1, 0.15) is 23.0 Å². The third-order valence-corrected chi connectivity index (χ3v) is 4.18. The summed E-state index contributed by atoms with van der Waals surface area (Å²) < 4.78 is 10.4. The number of aliphatic imine (C=N–C) groups is 1. The van der Waals surface area contributed by atoms with Gasteiger partial charge in [0.1, 0.15) is 17.3 Å². The van der Waals surface area contributed by atoms with Crippen molar-refractivity contribution in [1.82, 2.24) is 5.06 Å². The van der Waals surface area contributed by atoms with Gasteiger partial charge in [-0.05, 0) is 37.3 Å². The molecule has 2 aromatic rings.